The van der Waals surface area contributed by atoms with Crippen LogP contribution in [0.1, 0.15) is 16.7 Å². The van der Waals surface area contributed by atoms with Gasteiger partial charge in [-0.1, -0.05) is 0 Å². The van der Waals surface area contributed by atoms with Crippen molar-refractivity contribution in [3.63, 3.8) is 0 Å². The van der Waals surface area contributed by atoms with Crippen LogP contribution in [0.3, 0.4) is 0 Å². The van der Waals surface area contributed by atoms with Crippen LogP contribution in [-0.2, 0) is 19.3 Å². The molecule has 0 radical (unpaired) electrons. The second-order valence-corrected chi connectivity index (χ2v) is 6.27. The highest BCUT2D eigenvalue weighted by Crippen LogP contribution is 2.40. The van der Waals surface area contributed by atoms with E-state index < -0.39 is 17.7 Å². The number of rotatable bonds is 4. The molecule has 0 atom stereocenters. The minimum absolute atomic E-state index is 0.0675. The second kappa shape index (κ2) is 6.82. The molecule has 2 amide bonds. The summed E-state index contributed by atoms with van der Waals surface area (Å²) in [4.78, 5) is 12.0. The van der Waals surface area contributed by atoms with Gasteiger partial charge in [0.05, 0.1) is 18.9 Å². The first kappa shape index (κ1) is 16.6. The van der Waals surface area contributed by atoms with E-state index in [1.54, 1.807) is 0 Å². The molecule has 136 valence electrons. The Bertz CT molecular complexity index is 838. The van der Waals surface area contributed by atoms with E-state index in [4.69, 9.17) is 9.47 Å². The van der Waals surface area contributed by atoms with Crippen LogP contribution in [0.15, 0.2) is 24.3 Å². The molecule has 2 heterocycles. The van der Waals surface area contributed by atoms with Gasteiger partial charge in [-0.05, 0) is 24.6 Å². The lowest BCUT2D eigenvalue weighted by molar-refractivity contribution is 0.252. The van der Waals surface area contributed by atoms with E-state index in [1.165, 1.54) is 6.07 Å². The first-order valence-electron chi connectivity index (χ1n) is 8.55. The van der Waals surface area contributed by atoms with E-state index in [0.29, 0.717) is 26.2 Å². The van der Waals surface area contributed by atoms with E-state index in [0.717, 1.165) is 53.2 Å². The summed E-state index contributed by atoms with van der Waals surface area (Å²) in [7, 11) is 0. The quantitative estimate of drug-likeness (QED) is 0.880. The number of hydrogen-bond acceptors (Lipinski definition) is 3. The van der Waals surface area contributed by atoms with Crippen LogP contribution in [0.25, 0.3) is 0 Å². The number of fused-ring (bicyclic) bond motifs is 2. The number of urea groups is 1. The molecule has 5 nitrogen and oxygen atoms in total. The predicted molar refractivity (Wildman–Crippen MR) is 91.9 cm³/mol. The van der Waals surface area contributed by atoms with Gasteiger partial charge in [0.25, 0.3) is 0 Å². The fraction of sp³-hybridized carbons (Fsp3) is 0.316. The van der Waals surface area contributed by atoms with Crippen LogP contribution < -0.4 is 20.1 Å². The zero-order chi connectivity index (χ0) is 18.1. The van der Waals surface area contributed by atoms with Gasteiger partial charge >= 0.3 is 6.03 Å². The molecule has 2 aromatic carbocycles. The minimum atomic E-state index is -0.815. The number of ether oxygens (including phenoxy) is 2. The SMILES string of the molecule is O=C(NCCc1c2c(cc3c1OCC3)OCC2)Nc1ccc(F)cc1F. The highest BCUT2D eigenvalue weighted by molar-refractivity contribution is 5.89. The van der Waals surface area contributed by atoms with Crippen LogP contribution in [-0.4, -0.2) is 25.8 Å². The molecule has 0 saturated heterocycles. The summed E-state index contributed by atoms with van der Waals surface area (Å²) >= 11 is 0. The molecule has 7 heteroatoms. The molecule has 0 bridgehead atoms. The molecule has 26 heavy (non-hydrogen) atoms. The van der Waals surface area contributed by atoms with E-state index in [2.05, 4.69) is 10.6 Å². The van der Waals surface area contributed by atoms with Crippen LogP contribution in [0.2, 0.25) is 0 Å². The van der Waals surface area contributed by atoms with E-state index in [-0.39, 0.29) is 5.69 Å². The molecule has 0 aliphatic carbocycles. The lowest BCUT2D eigenvalue weighted by atomic mass is 9.97. The molecular formula is C19H18F2N2O3. The van der Waals surface area contributed by atoms with Gasteiger partial charge in [-0.3, -0.25) is 0 Å². The number of carbonyl (C=O) groups excluding carboxylic acids is 1. The molecule has 4 rings (SSSR count). The largest absolute Gasteiger partial charge is 0.493 e. The van der Waals surface area contributed by atoms with Crippen molar-refractivity contribution in [2.24, 2.45) is 0 Å². The Kier molecular flexibility index (Phi) is 4.36. The van der Waals surface area contributed by atoms with Crippen LogP contribution in [0.4, 0.5) is 19.3 Å². The van der Waals surface area contributed by atoms with Gasteiger partial charge in [-0.25, -0.2) is 13.6 Å². The molecule has 2 aromatic rings. The van der Waals surface area contributed by atoms with E-state index >= 15 is 0 Å². The van der Waals surface area contributed by atoms with Gasteiger partial charge in [-0.15, -0.1) is 0 Å². The summed E-state index contributed by atoms with van der Waals surface area (Å²) in [5.74, 6) is 0.301. The van der Waals surface area contributed by atoms with Crippen molar-refractivity contribution in [1.29, 1.82) is 0 Å². The van der Waals surface area contributed by atoms with Crippen molar-refractivity contribution in [2.45, 2.75) is 19.3 Å². The van der Waals surface area contributed by atoms with Crippen molar-refractivity contribution < 1.29 is 23.0 Å². The Balaban J connectivity index is 1.40. The molecule has 0 saturated carbocycles. The monoisotopic (exact) mass is 360 g/mol. The Morgan fingerprint density at radius 3 is 2.81 bits per heavy atom. The Morgan fingerprint density at radius 2 is 1.96 bits per heavy atom. The fourth-order valence-electron chi connectivity index (χ4n) is 3.41. The number of anilines is 1. The Labute approximate surface area is 149 Å². The molecule has 2 aliphatic rings. The number of amides is 2. The van der Waals surface area contributed by atoms with Crippen LogP contribution >= 0.6 is 0 Å². The Hall–Kier alpha value is -2.83. The van der Waals surface area contributed by atoms with Gasteiger partial charge in [0, 0.05) is 42.1 Å². The summed E-state index contributed by atoms with van der Waals surface area (Å²) in [6.07, 6.45) is 2.28. The summed E-state index contributed by atoms with van der Waals surface area (Å²) in [5, 5.41) is 5.08. The zero-order valence-electron chi connectivity index (χ0n) is 14.0. The standard InChI is InChI=1S/C19H18F2N2O3/c20-12-1-2-16(15(21)10-12)23-19(24)22-6-3-14-13-5-8-25-17(13)9-11-4-7-26-18(11)14/h1-2,9-10H,3-8H2,(H2,22,23,24). The molecule has 0 aromatic heterocycles. The van der Waals surface area contributed by atoms with Gasteiger partial charge in [-0.2, -0.15) is 0 Å². The highest BCUT2D eigenvalue weighted by atomic mass is 19.1. The lowest BCUT2D eigenvalue weighted by Gasteiger charge is -2.14. The number of carbonyl (C=O) groups is 1. The smallest absolute Gasteiger partial charge is 0.319 e. The third kappa shape index (κ3) is 3.16. The number of nitrogens with one attached hydrogen (secondary N) is 2. The van der Waals surface area contributed by atoms with Crippen LogP contribution in [0.5, 0.6) is 11.5 Å². The summed E-state index contributed by atoms with van der Waals surface area (Å²) in [6.45, 7) is 1.67. The summed E-state index contributed by atoms with van der Waals surface area (Å²) < 4.78 is 37.9. The normalized spacial score (nSPS) is 14.2. The number of hydrogen-bond donors (Lipinski definition) is 2. The van der Waals surface area contributed by atoms with Crippen molar-refractivity contribution >= 4 is 11.7 Å². The highest BCUT2D eigenvalue weighted by Gasteiger charge is 2.26. The molecule has 2 aliphatic heterocycles. The molecule has 0 spiro atoms. The summed E-state index contributed by atoms with van der Waals surface area (Å²) in [5.41, 5.74) is 3.28. The topological polar surface area (TPSA) is 59.6 Å². The van der Waals surface area contributed by atoms with Gasteiger partial charge in [0.2, 0.25) is 0 Å². The number of benzene rings is 2. The maximum Gasteiger partial charge on any atom is 0.319 e. The molecule has 0 fully saturated rings. The first-order chi connectivity index (χ1) is 12.6. The van der Waals surface area contributed by atoms with Crippen LogP contribution in [0, 0.1) is 11.6 Å². The summed E-state index contributed by atoms with van der Waals surface area (Å²) in [6, 6.07) is 4.51. The fourth-order valence-corrected chi connectivity index (χ4v) is 3.41. The van der Waals surface area contributed by atoms with Crippen molar-refractivity contribution in [2.75, 3.05) is 25.1 Å². The van der Waals surface area contributed by atoms with Gasteiger partial charge in [0.1, 0.15) is 23.1 Å². The van der Waals surface area contributed by atoms with E-state index in [9.17, 15) is 13.6 Å². The predicted octanol–water partition coefficient (Wildman–Crippen LogP) is 3.20. The van der Waals surface area contributed by atoms with Crippen molar-refractivity contribution in [3.05, 3.63) is 52.6 Å². The maximum absolute atomic E-state index is 13.6. The third-order valence-corrected chi connectivity index (χ3v) is 4.60. The number of halogens is 2. The van der Waals surface area contributed by atoms with Crippen molar-refractivity contribution in [1.82, 2.24) is 5.32 Å². The van der Waals surface area contributed by atoms with E-state index in [1.807, 2.05) is 6.07 Å². The van der Waals surface area contributed by atoms with Gasteiger partial charge < -0.3 is 20.1 Å². The molecular weight excluding hydrogens is 342 g/mol. The van der Waals surface area contributed by atoms with Crippen molar-refractivity contribution in [3.8, 4) is 11.5 Å². The maximum atomic E-state index is 13.6. The minimum Gasteiger partial charge on any atom is -0.493 e. The molecule has 2 N–H and O–H groups in total. The third-order valence-electron chi connectivity index (χ3n) is 4.60. The second-order valence-electron chi connectivity index (χ2n) is 6.27. The zero-order valence-corrected chi connectivity index (χ0v) is 14.0. The Morgan fingerprint density at radius 1 is 1.12 bits per heavy atom. The van der Waals surface area contributed by atoms with Gasteiger partial charge in [0.15, 0.2) is 0 Å². The average Bonchev–Trinajstić information content (AvgIpc) is 3.25. The lowest BCUT2D eigenvalue weighted by Crippen LogP contribution is -2.31. The average molecular weight is 360 g/mol. The molecule has 0 unspecified atom stereocenters. The first-order valence-corrected chi connectivity index (χ1v) is 8.55.